The minimum Gasteiger partial charge on any atom is -0.360 e. The summed E-state index contributed by atoms with van der Waals surface area (Å²) < 4.78 is 0. The lowest BCUT2D eigenvalue weighted by Gasteiger charge is -2.22. The lowest BCUT2D eigenvalue weighted by molar-refractivity contribution is 0.804. The second-order valence-electron chi connectivity index (χ2n) is 4.43. The molecule has 1 aromatic carbocycles. The van der Waals surface area contributed by atoms with Crippen LogP contribution in [0, 0.1) is 0 Å². The number of halogens is 1. The maximum absolute atomic E-state index is 5.96. The Morgan fingerprint density at radius 3 is 2.39 bits per heavy atom. The Kier molecular flexibility index (Phi) is 3.78. The van der Waals surface area contributed by atoms with Crippen LogP contribution >= 0.6 is 11.6 Å². The molecule has 1 heterocycles. The molecule has 0 unspecified atom stereocenters. The second-order valence-corrected chi connectivity index (χ2v) is 4.86. The lowest BCUT2D eigenvalue weighted by atomic mass is 10.1. The van der Waals surface area contributed by atoms with Gasteiger partial charge in [0.2, 0.25) is 0 Å². The molecule has 2 nitrogen and oxygen atoms in total. The van der Waals surface area contributed by atoms with Crippen molar-refractivity contribution in [2.45, 2.75) is 20.8 Å². The van der Waals surface area contributed by atoms with Crippen molar-refractivity contribution in [3.63, 3.8) is 0 Å². The molecule has 2 N–H and O–H groups in total. The second kappa shape index (κ2) is 5.32. The number of hydrogen-bond acceptors (Lipinski definition) is 2. The Labute approximate surface area is 113 Å². The molecule has 0 radical (unpaired) electrons. The van der Waals surface area contributed by atoms with Crippen LogP contribution in [0.1, 0.15) is 26.3 Å². The van der Waals surface area contributed by atoms with Gasteiger partial charge in [0.25, 0.3) is 0 Å². The highest BCUT2D eigenvalue weighted by Gasteiger charge is 2.08. The van der Waals surface area contributed by atoms with Crippen molar-refractivity contribution >= 4 is 17.7 Å². The van der Waals surface area contributed by atoms with Crippen molar-refractivity contribution in [3.05, 3.63) is 63.7 Å². The number of rotatable bonds is 2. The van der Waals surface area contributed by atoms with Crippen LogP contribution in [0.3, 0.4) is 0 Å². The number of benzene rings is 1. The standard InChI is InChI=1S/C15H17ClN2/c1-10-11(2)18-15(12(3)17-10)8-7-13-5-4-6-14(16)9-13/h4-9,17-18H,1-3H3/b8-7+. The fourth-order valence-electron chi connectivity index (χ4n) is 1.79. The van der Waals surface area contributed by atoms with E-state index in [1.54, 1.807) is 0 Å². The van der Waals surface area contributed by atoms with Gasteiger partial charge < -0.3 is 10.6 Å². The van der Waals surface area contributed by atoms with Crippen LogP contribution in [0.5, 0.6) is 0 Å². The summed E-state index contributed by atoms with van der Waals surface area (Å²) in [6.45, 7) is 6.17. The Morgan fingerprint density at radius 2 is 1.67 bits per heavy atom. The summed E-state index contributed by atoms with van der Waals surface area (Å²) in [4.78, 5) is 0. The van der Waals surface area contributed by atoms with Crippen LogP contribution in [0.15, 0.2) is 53.1 Å². The molecule has 18 heavy (non-hydrogen) atoms. The molecule has 3 heteroatoms. The number of allylic oxidation sites excluding steroid dienone is 4. The first-order chi connectivity index (χ1) is 8.56. The van der Waals surface area contributed by atoms with Crippen molar-refractivity contribution < 1.29 is 0 Å². The smallest absolute Gasteiger partial charge is 0.0575 e. The third kappa shape index (κ3) is 2.96. The van der Waals surface area contributed by atoms with Crippen molar-refractivity contribution in [2.24, 2.45) is 0 Å². The van der Waals surface area contributed by atoms with Crippen LogP contribution in [-0.2, 0) is 0 Å². The molecule has 1 aliphatic rings. The number of hydrogen-bond donors (Lipinski definition) is 2. The average molecular weight is 261 g/mol. The van der Waals surface area contributed by atoms with Gasteiger partial charge in [-0.1, -0.05) is 29.8 Å². The Balaban J connectivity index is 2.17. The van der Waals surface area contributed by atoms with Crippen LogP contribution in [0.4, 0.5) is 0 Å². The van der Waals surface area contributed by atoms with Gasteiger partial charge in [0.15, 0.2) is 0 Å². The van der Waals surface area contributed by atoms with E-state index in [0.29, 0.717) is 0 Å². The van der Waals surface area contributed by atoms with Gasteiger partial charge in [0.05, 0.1) is 5.70 Å². The fraction of sp³-hybridized carbons (Fsp3) is 0.200. The van der Waals surface area contributed by atoms with E-state index in [-0.39, 0.29) is 0 Å². The molecular formula is C15H17ClN2. The van der Waals surface area contributed by atoms with E-state index < -0.39 is 0 Å². The summed E-state index contributed by atoms with van der Waals surface area (Å²) in [5, 5.41) is 7.48. The monoisotopic (exact) mass is 260 g/mol. The SMILES string of the molecule is CC1=C(C)NC(/C=C/c2cccc(Cl)c2)=C(C)N1. The molecule has 0 aromatic heterocycles. The highest BCUT2D eigenvalue weighted by molar-refractivity contribution is 6.30. The zero-order valence-electron chi connectivity index (χ0n) is 10.8. The van der Waals surface area contributed by atoms with Crippen LogP contribution in [0.2, 0.25) is 5.02 Å². The molecule has 2 rings (SSSR count). The highest BCUT2D eigenvalue weighted by Crippen LogP contribution is 2.16. The Bertz CT molecular complexity index is 553. The zero-order chi connectivity index (χ0) is 13.1. The van der Waals surface area contributed by atoms with Gasteiger partial charge in [-0.15, -0.1) is 0 Å². The molecule has 1 aliphatic heterocycles. The van der Waals surface area contributed by atoms with Crippen LogP contribution in [0.25, 0.3) is 6.08 Å². The molecule has 0 saturated carbocycles. The quantitative estimate of drug-likeness (QED) is 0.839. The third-order valence-corrected chi connectivity index (χ3v) is 3.19. The minimum absolute atomic E-state index is 0.754. The van der Waals surface area contributed by atoms with E-state index in [1.807, 2.05) is 30.3 Å². The van der Waals surface area contributed by atoms with E-state index >= 15 is 0 Å². The zero-order valence-corrected chi connectivity index (χ0v) is 11.6. The van der Waals surface area contributed by atoms with Gasteiger partial charge in [0, 0.05) is 22.1 Å². The molecule has 0 atom stereocenters. The maximum atomic E-state index is 5.96. The minimum atomic E-state index is 0.754. The molecule has 0 aliphatic carbocycles. The van der Waals surface area contributed by atoms with E-state index in [9.17, 15) is 0 Å². The van der Waals surface area contributed by atoms with Crippen LogP contribution < -0.4 is 10.6 Å². The molecule has 0 saturated heterocycles. The summed E-state index contributed by atoms with van der Waals surface area (Å²) in [5.74, 6) is 0. The molecule has 94 valence electrons. The first-order valence-electron chi connectivity index (χ1n) is 5.92. The summed E-state index contributed by atoms with van der Waals surface area (Å²) in [6, 6.07) is 7.80. The summed E-state index contributed by atoms with van der Waals surface area (Å²) in [5.41, 5.74) is 5.60. The molecule has 0 bridgehead atoms. The molecule has 1 aromatic rings. The van der Waals surface area contributed by atoms with E-state index in [1.165, 1.54) is 0 Å². The van der Waals surface area contributed by atoms with Crippen molar-refractivity contribution in [3.8, 4) is 0 Å². The molecular weight excluding hydrogens is 244 g/mol. The first kappa shape index (κ1) is 12.8. The van der Waals surface area contributed by atoms with Crippen LogP contribution in [-0.4, -0.2) is 0 Å². The first-order valence-corrected chi connectivity index (χ1v) is 6.30. The van der Waals surface area contributed by atoms with Gasteiger partial charge in [-0.2, -0.15) is 0 Å². The van der Waals surface area contributed by atoms with Gasteiger partial charge >= 0.3 is 0 Å². The van der Waals surface area contributed by atoms with Crippen molar-refractivity contribution in [1.29, 1.82) is 0 Å². The summed E-state index contributed by atoms with van der Waals surface area (Å²) in [7, 11) is 0. The maximum Gasteiger partial charge on any atom is 0.0575 e. The topological polar surface area (TPSA) is 24.1 Å². The highest BCUT2D eigenvalue weighted by atomic mass is 35.5. The Morgan fingerprint density at radius 1 is 0.944 bits per heavy atom. The van der Waals surface area contributed by atoms with E-state index in [0.717, 1.165) is 33.4 Å². The van der Waals surface area contributed by atoms with Gasteiger partial charge in [-0.25, -0.2) is 0 Å². The normalized spacial score (nSPS) is 16.0. The average Bonchev–Trinajstić information content (AvgIpc) is 2.32. The largest absolute Gasteiger partial charge is 0.360 e. The van der Waals surface area contributed by atoms with E-state index in [2.05, 4.69) is 37.5 Å². The predicted octanol–water partition coefficient (Wildman–Crippen LogP) is 4.03. The third-order valence-electron chi connectivity index (χ3n) is 2.95. The van der Waals surface area contributed by atoms with Gasteiger partial charge in [-0.3, -0.25) is 0 Å². The predicted molar refractivity (Wildman–Crippen MR) is 77.8 cm³/mol. The number of nitrogens with one attached hydrogen (secondary N) is 2. The van der Waals surface area contributed by atoms with Gasteiger partial charge in [-0.05, 0) is 44.5 Å². The molecule has 0 fully saturated rings. The van der Waals surface area contributed by atoms with Crippen molar-refractivity contribution in [1.82, 2.24) is 10.6 Å². The molecule has 0 amide bonds. The lowest BCUT2D eigenvalue weighted by Crippen LogP contribution is -2.26. The van der Waals surface area contributed by atoms with Gasteiger partial charge in [0.1, 0.15) is 0 Å². The summed E-state index contributed by atoms with van der Waals surface area (Å²) >= 11 is 5.96. The van der Waals surface area contributed by atoms with E-state index in [4.69, 9.17) is 11.6 Å². The summed E-state index contributed by atoms with van der Waals surface area (Å²) in [6.07, 6.45) is 4.11. The fourth-order valence-corrected chi connectivity index (χ4v) is 1.99. The van der Waals surface area contributed by atoms with Crippen molar-refractivity contribution in [2.75, 3.05) is 0 Å². The molecule has 0 spiro atoms. The Hall–Kier alpha value is -1.67.